The Balaban J connectivity index is 2.31. The number of carbonyl (C=O) groups is 1. The maximum Gasteiger partial charge on any atom is 0.250 e. The predicted octanol–water partition coefficient (Wildman–Crippen LogP) is 2.39. The lowest BCUT2D eigenvalue weighted by Crippen LogP contribution is -2.11. The average molecular weight is 265 g/mol. The van der Waals surface area contributed by atoms with E-state index in [9.17, 15) is 4.79 Å². The van der Waals surface area contributed by atoms with Crippen molar-refractivity contribution in [2.75, 3.05) is 0 Å². The molecule has 0 aliphatic carbocycles. The summed E-state index contributed by atoms with van der Waals surface area (Å²) in [6.45, 7) is 0.472. The minimum Gasteiger partial charge on any atom is -0.366 e. The highest BCUT2D eigenvalue weighted by molar-refractivity contribution is 6.09. The van der Waals surface area contributed by atoms with Crippen molar-refractivity contribution in [1.29, 1.82) is 0 Å². The summed E-state index contributed by atoms with van der Waals surface area (Å²) in [6, 6.07) is 13.6. The summed E-state index contributed by atoms with van der Waals surface area (Å²) in [5.74, 6) is -0.434. The van der Waals surface area contributed by atoms with Crippen LogP contribution in [0.3, 0.4) is 0 Å². The average Bonchev–Trinajstić information content (AvgIpc) is 2.95. The fourth-order valence-corrected chi connectivity index (χ4v) is 2.56. The van der Waals surface area contributed by atoms with Gasteiger partial charge in [-0.2, -0.15) is 0 Å². The van der Waals surface area contributed by atoms with Crippen LogP contribution in [0.4, 0.5) is 0 Å². The second-order valence-corrected chi connectivity index (χ2v) is 4.65. The molecule has 0 aliphatic heterocycles. The van der Waals surface area contributed by atoms with E-state index in [1.165, 1.54) is 0 Å². The van der Waals surface area contributed by atoms with Gasteiger partial charge in [0, 0.05) is 18.1 Å². The Morgan fingerprint density at radius 1 is 1.05 bits per heavy atom. The quantitative estimate of drug-likeness (QED) is 0.679. The molecule has 20 heavy (non-hydrogen) atoms. The third-order valence-electron chi connectivity index (χ3n) is 3.52. The Bertz CT molecular complexity index is 789. The maximum absolute atomic E-state index is 11.5. The second-order valence-electron chi connectivity index (χ2n) is 4.65. The summed E-state index contributed by atoms with van der Waals surface area (Å²) in [4.78, 5) is 14.6. The molecule has 2 aromatic carbocycles. The molecule has 0 saturated heterocycles. The van der Waals surface area contributed by atoms with Crippen LogP contribution < -0.4 is 11.5 Å². The van der Waals surface area contributed by atoms with Crippen molar-refractivity contribution in [1.82, 2.24) is 4.98 Å². The largest absolute Gasteiger partial charge is 0.366 e. The van der Waals surface area contributed by atoms with Crippen molar-refractivity contribution in [3.8, 4) is 11.1 Å². The molecule has 0 radical (unpaired) electrons. The van der Waals surface area contributed by atoms with Gasteiger partial charge in [0.05, 0.1) is 11.1 Å². The van der Waals surface area contributed by atoms with Gasteiger partial charge in [-0.15, -0.1) is 0 Å². The molecular formula is C16H15N3O. The van der Waals surface area contributed by atoms with Crippen LogP contribution in [0.2, 0.25) is 0 Å². The van der Waals surface area contributed by atoms with Gasteiger partial charge in [0.25, 0.3) is 5.91 Å². The molecule has 0 saturated carbocycles. The molecular weight excluding hydrogens is 250 g/mol. The third kappa shape index (κ3) is 1.87. The Morgan fingerprint density at radius 3 is 2.60 bits per heavy atom. The summed E-state index contributed by atoms with van der Waals surface area (Å²) in [5.41, 5.74) is 15.7. The van der Waals surface area contributed by atoms with E-state index in [2.05, 4.69) is 4.98 Å². The number of H-pyrrole nitrogens is 1. The molecule has 0 fully saturated rings. The van der Waals surface area contributed by atoms with E-state index < -0.39 is 5.91 Å². The second kappa shape index (κ2) is 4.83. The first-order valence-corrected chi connectivity index (χ1v) is 6.40. The molecule has 1 heterocycles. The molecule has 1 aromatic heterocycles. The minimum atomic E-state index is -0.434. The van der Waals surface area contributed by atoms with Crippen molar-refractivity contribution in [2.45, 2.75) is 6.54 Å². The van der Waals surface area contributed by atoms with Gasteiger partial charge in [0.15, 0.2) is 0 Å². The fourth-order valence-electron chi connectivity index (χ4n) is 2.56. The molecule has 0 aliphatic rings. The van der Waals surface area contributed by atoms with Gasteiger partial charge in [-0.1, -0.05) is 30.3 Å². The summed E-state index contributed by atoms with van der Waals surface area (Å²) in [7, 11) is 0. The van der Waals surface area contributed by atoms with E-state index in [0.29, 0.717) is 12.1 Å². The van der Waals surface area contributed by atoms with Crippen LogP contribution >= 0.6 is 0 Å². The van der Waals surface area contributed by atoms with Crippen molar-refractivity contribution in [3.05, 3.63) is 59.8 Å². The molecule has 100 valence electrons. The minimum absolute atomic E-state index is 0.434. The van der Waals surface area contributed by atoms with Gasteiger partial charge in [-0.25, -0.2) is 0 Å². The number of fused-ring (bicyclic) bond motifs is 1. The zero-order valence-corrected chi connectivity index (χ0v) is 10.9. The highest BCUT2D eigenvalue weighted by atomic mass is 16.1. The van der Waals surface area contributed by atoms with Crippen LogP contribution in [-0.4, -0.2) is 10.9 Å². The molecule has 0 atom stereocenters. The lowest BCUT2D eigenvalue weighted by atomic mass is 9.95. The Morgan fingerprint density at radius 2 is 1.85 bits per heavy atom. The SMILES string of the molecule is NCc1ccccc1-c1ccc(C(N)=O)c2[nH]ccc12. The Labute approximate surface area is 116 Å². The molecule has 5 N–H and O–H groups in total. The van der Waals surface area contributed by atoms with Gasteiger partial charge in [0.1, 0.15) is 0 Å². The Hall–Kier alpha value is -2.59. The van der Waals surface area contributed by atoms with Crippen molar-refractivity contribution >= 4 is 16.8 Å². The smallest absolute Gasteiger partial charge is 0.250 e. The van der Waals surface area contributed by atoms with Gasteiger partial charge in [0.2, 0.25) is 0 Å². The van der Waals surface area contributed by atoms with Crippen LogP contribution in [-0.2, 0) is 6.54 Å². The number of hydrogen-bond acceptors (Lipinski definition) is 2. The van der Waals surface area contributed by atoms with Crippen molar-refractivity contribution in [2.24, 2.45) is 11.5 Å². The molecule has 0 bridgehead atoms. The van der Waals surface area contributed by atoms with Gasteiger partial charge in [-0.3, -0.25) is 4.79 Å². The van der Waals surface area contributed by atoms with E-state index >= 15 is 0 Å². The third-order valence-corrected chi connectivity index (χ3v) is 3.52. The maximum atomic E-state index is 11.5. The highest BCUT2D eigenvalue weighted by Crippen LogP contribution is 2.32. The van der Waals surface area contributed by atoms with E-state index in [1.807, 2.05) is 42.6 Å². The molecule has 1 amide bonds. The number of benzene rings is 2. The number of amides is 1. The van der Waals surface area contributed by atoms with Crippen LogP contribution in [0.25, 0.3) is 22.0 Å². The number of hydrogen-bond donors (Lipinski definition) is 3. The van der Waals surface area contributed by atoms with E-state index in [0.717, 1.165) is 27.6 Å². The van der Waals surface area contributed by atoms with Gasteiger partial charge < -0.3 is 16.5 Å². The standard InChI is InChI=1S/C16H15N3O/c17-9-10-3-1-2-4-11(10)12-5-6-14(16(18)20)15-13(12)7-8-19-15/h1-8,19H,9,17H2,(H2,18,20). The lowest BCUT2D eigenvalue weighted by Gasteiger charge is -2.10. The van der Waals surface area contributed by atoms with Gasteiger partial charge >= 0.3 is 0 Å². The molecule has 3 rings (SSSR count). The first-order valence-electron chi connectivity index (χ1n) is 6.40. The fraction of sp³-hybridized carbons (Fsp3) is 0.0625. The van der Waals surface area contributed by atoms with Gasteiger partial charge in [-0.05, 0) is 28.8 Å². The molecule has 0 unspecified atom stereocenters. The normalized spacial score (nSPS) is 10.8. The number of nitrogens with one attached hydrogen (secondary N) is 1. The number of nitrogens with two attached hydrogens (primary N) is 2. The first kappa shape index (κ1) is 12.4. The zero-order chi connectivity index (χ0) is 14.1. The Kier molecular flexibility index (Phi) is 3.00. The molecule has 4 heteroatoms. The van der Waals surface area contributed by atoms with Crippen molar-refractivity contribution < 1.29 is 4.79 Å². The molecule has 3 aromatic rings. The number of aromatic nitrogens is 1. The summed E-state index contributed by atoms with van der Waals surface area (Å²) in [5, 5.41) is 0.974. The van der Waals surface area contributed by atoms with E-state index in [-0.39, 0.29) is 0 Å². The summed E-state index contributed by atoms with van der Waals surface area (Å²) in [6.07, 6.45) is 1.81. The summed E-state index contributed by atoms with van der Waals surface area (Å²) >= 11 is 0. The van der Waals surface area contributed by atoms with Crippen LogP contribution in [0.15, 0.2) is 48.7 Å². The lowest BCUT2D eigenvalue weighted by molar-refractivity contribution is 0.100. The highest BCUT2D eigenvalue weighted by Gasteiger charge is 2.13. The van der Waals surface area contributed by atoms with Crippen LogP contribution in [0, 0.1) is 0 Å². The molecule has 0 spiro atoms. The monoisotopic (exact) mass is 265 g/mol. The van der Waals surface area contributed by atoms with E-state index in [1.54, 1.807) is 6.07 Å². The van der Waals surface area contributed by atoms with Crippen LogP contribution in [0.5, 0.6) is 0 Å². The molecule has 4 nitrogen and oxygen atoms in total. The van der Waals surface area contributed by atoms with E-state index in [4.69, 9.17) is 11.5 Å². The number of rotatable bonds is 3. The predicted molar refractivity (Wildman–Crippen MR) is 80.1 cm³/mol. The van der Waals surface area contributed by atoms with Crippen molar-refractivity contribution in [3.63, 3.8) is 0 Å². The number of aromatic amines is 1. The number of primary amides is 1. The summed E-state index contributed by atoms with van der Waals surface area (Å²) < 4.78 is 0. The zero-order valence-electron chi connectivity index (χ0n) is 10.9. The number of carbonyl (C=O) groups excluding carboxylic acids is 1. The topological polar surface area (TPSA) is 84.9 Å². The first-order chi connectivity index (χ1) is 9.72. The van der Waals surface area contributed by atoms with Crippen LogP contribution in [0.1, 0.15) is 15.9 Å².